The number of carbonyl (C=O) groups is 2. The van der Waals surface area contributed by atoms with E-state index in [0.29, 0.717) is 5.69 Å². The predicted molar refractivity (Wildman–Crippen MR) is 84.3 cm³/mol. The largest absolute Gasteiger partial charge is 0.481 e. The van der Waals surface area contributed by atoms with E-state index in [9.17, 15) is 14.0 Å². The zero-order valence-corrected chi connectivity index (χ0v) is 13.7. The van der Waals surface area contributed by atoms with E-state index >= 15 is 0 Å². The third-order valence-corrected chi connectivity index (χ3v) is 3.97. The van der Waals surface area contributed by atoms with Gasteiger partial charge in [-0.1, -0.05) is 13.8 Å². The standard InChI is InChI=1S/C16H19FN4O3/c1-10(2)16(3,8-14(22)23)19-15(24)13-9-18-21(20-13)12-6-4-11(17)5-7-12/h4-7,9-10H,8H2,1-3H3,(H,19,24)(H,22,23). The second-order valence-electron chi connectivity index (χ2n) is 6.09. The highest BCUT2D eigenvalue weighted by Gasteiger charge is 2.33. The fourth-order valence-corrected chi connectivity index (χ4v) is 2.10. The van der Waals surface area contributed by atoms with E-state index in [1.54, 1.807) is 6.92 Å². The Morgan fingerprint density at radius 3 is 2.50 bits per heavy atom. The molecule has 8 heteroatoms. The molecule has 1 atom stereocenters. The number of aromatic nitrogens is 3. The van der Waals surface area contributed by atoms with Crippen molar-refractivity contribution in [1.82, 2.24) is 20.3 Å². The molecule has 0 saturated heterocycles. The van der Waals surface area contributed by atoms with Crippen LogP contribution in [0.4, 0.5) is 4.39 Å². The van der Waals surface area contributed by atoms with Gasteiger partial charge in [0.2, 0.25) is 0 Å². The van der Waals surface area contributed by atoms with E-state index in [0.717, 1.165) is 0 Å². The molecule has 0 radical (unpaired) electrons. The van der Waals surface area contributed by atoms with Gasteiger partial charge in [-0.2, -0.15) is 9.90 Å². The minimum atomic E-state index is -0.999. The van der Waals surface area contributed by atoms with Crippen LogP contribution in [0.3, 0.4) is 0 Å². The summed E-state index contributed by atoms with van der Waals surface area (Å²) in [4.78, 5) is 24.6. The molecule has 24 heavy (non-hydrogen) atoms. The topological polar surface area (TPSA) is 97.1 Å². The Hall–Kier alpha value is -2.77. The van der Waals surface area contributed by atoms with Crippen molar-refractivity contribution in [3.63, 3.8) is 0 Å². The number of carboxylic acid groups (broad SMARTS) is 1. The molecule has 0 aliphatic heterocycles. The lowest BCUT2D eigenvalue weighted by molar-refractivity contribution is -0.138. The molecule has 2 N–H and O–H groups in total. The van der Waals surface area contributed by atoms with Crippen LogP contribution in [0, 0.1) is 11.7 Å². The number of rotatable bonds is 6. The van der Waals surface area contributed by atoms with Crippen molar-refractivity contribution in [2.24, 2.45) is 5.92 Å². The number of carboxylic acids is 1. The maximum absolute atomic E-state index is 12.9. The van der Waals surface area contributed by atoms with E-state index < -0.39 is 17.4 Å². The summed E-state index contributed by atoms with van der Waals surface area (Å²) < 4.78 is 12.9. The van der Waals surface area contributed by atoms with Crippen molar-refractivity contribution in [3.8, 4) is 5.69 Å². The van der Waals surface area contributed by atoms with E-state index in [1.807, 2.05) is 13.8 Å². The molecule has 2 aromatic rings. The van der Waals surface area contributed by atoms with Crippen LogP contribution in [0.15, 0.2) is 30.5 Å². The van der Waals surface area contributed by atoms with Crippen molar-refractivity contribution in [2.75, 3.05) is 0 Å². The van der Waals surface area contributed by atoms with Crippen molar-refractivity contribution < 1.29 is 19.1 Å². The quantitative estimate of drug-likeness (QED) is 0.842. The monoisotopic (exact) mass is 334 g/mol. The van der Waals surface area contributed by atoms with Gasteiger partial charge in [0.05, 0.1) is 23.8 Å². The lowest BCUT2D eigenvalue weighted by atomic mass is 9.85. The van der Waals surface area contributed by atoms with Gasteiger partial charge in [-0.25, -0.2) is 4.39 Å². The van der Waals surface area contributed by atoms with Crippen LogP contribution in [0.1, 0.15) is 37.7 Å². The highest BCUT2D eigenvalue weighted by molar-refractivity contribution is 5.92. The molecule has 2 rings (SSSR count). The number of hydrogen-bond donors (Lipinski definition) is 2. The second kappa shape index (κ2) is 6.77. The van der Waals surface area contributed by atoms with E-state index in [4.69, 9.17) is 5.11 Å². The molecule has 7 nitrogen and oxygen atoms in total. The van der Waals surface area contributed by atoms with E-state index in [2.05, 4.69) is 15.5 Å². The predicted octanol–water partition coefficient (Wildman–Crippen LogP) is 2.03. The summed E-state index contributed by atoms with van der Waals surface area (Å²) in [5.74, 6) is -1.99. The van der Waals surface area contributed by atoms with E-state index in [-0.39, 0.29) is 23.8 Å². The van der Waals surface area contributed by atoms with Crippen LogP contribution in [-0.4, -0.2) is 37.5 Å². The van der Waals surface area contributed by atoms with Gasteiger partial charge in [0.1, 0.15) is 5.82 Å². The van der Waals surface area contributed by atoms with Crippen LogP contribution < -0.4 is 5.32 Å². The first kappa shape index (κ1) is 17.6. The van der Waals surface area contributed by atoms with Gasteiger partial charge in [0.25, 0.3) is 5.91 Å². The average molecular weight is 334 g/mol. The lowest BCUT2D eigenvalue weighted by Crippen LogP contribution is -2.51. The van der Waals surface area contributed by atoms with Crippen LogP contribution in [-0.2, 0) is 4.79 Å². The first-order valence-corrected chi connectivity index (χ1v) is 7.44. The maximum Gasteiger partial charge on any atom is 0.305 e. The molecule has 1 heterocycles. The molecule has 0 aliphatic carbocycles. The molecular formula is C16H19FN4O3. The smallest absolute Gasteiger partial charge is 0.305 e. The van der Waals surface area contributed by atoms with Gasteiger partial charge in [0.15, 0.2) is 5.69 Å². The molecule has 128 valence electrons. The third kappa shape index (κ3) is 3.95. The minimum Gasteiger partial charge on any atom is -0.481 e. The van der Waals surface area contributed by atoms with Crippen LogP contribution in [0.25, 0.3) is 5.69 Å². The Kier molecular flexibility index (Phi) is 4.96. The summed E-state index contributed by atoms with van der Waals surface area (Å²) in [6, 6.07) is 5.50. The number of halogens is 1. The fourth-order valence-electron chi connectivity index (χ4n) is 2.10. The van der Waals surface area contributed by atoms with Gasteiger partial charge in [-0.3, -0.25) is 9.59 Å². The number of hydrogen-bond acceptors (Lipinski definition) is 4. The van der Waals surface area contributed by atoms with Gasteiger partial charge < -0.3 is 10.4 Å². The van der Waals surface area contributed by atoms with Crippen molar-refractivity contribution in [3.05, 3.63) is 42.0 Å². The summed E-state index contributed by atoms with van der Waals surface area (Å²) in [6.45, 7) is 5.34. The second-order valence-corrected chi connectivity index (χ2v) is 6.09. The average Bonchev–Trinajstić information content (AvgIpc) is 2.96. The molecule has 0 bridgehead atoms. The van der Waals surface area contributed by atoms with E-state index in [1.165, 1.54) is 35.3 Å². The number of amides is 1. The van der Waals surface area contributed by atoms with Crippen LogP contribution >= 0.6 is 0 Å². The number of benzene rings is 1. The Labute approximate surface area is 138 Å². The first-order valence-electron chi connectivity index (χ1n) is 7.44. The molecule has 0 aliphatic rings. The molecule has 1 amide bonds. The molecule has 1 aromatic carbocycles. The van der Waals surface area contributed by atoms with Crippen LogP contribution in [0.2, 0.25) is 0 Å². The number of nitrogens with zero attached hydrogens (tertiary/aromatic N) is 3. The molecule has 1 unspecified atom stereocenters. The Morgan fingerprint density at radius 1 is 1.33 bits per heavy atom. The highest BCUT2D eigenvalue weighted by Crippen LogP contribution is 2.21. The van der Waals surface area contributed by atoms with Crippen molar-refractivity contribution >= 4 is 11.9 Å². The number of nitrogens with one attached hydrogen (secondary N) is 1. The molecular weight excluding hydrogens is 315 g/mol. The summed E-state index contributed by atoms with van der Waals surface area (Å²) in [7, 11) is 0. The van der Waals surface area contributed by atoms with Gasteiger partial charge in [0, 0.05) is 0 Å². The summed E-state index contributed by atoms with van der Waals surface area (Å²) in [5, 5.41) is 19.8. The maximum atomic E-state index is 12.9. The van der Waals surface area contributed by atoms with Crippen molar-refractivity contribution in [2.45, 2.75) is 32.7 Å². The lowest BCUT2D eigenvalue weighted by Gasteiger charge is -2.33. The Balaban J connectivity index is 2.18. The van der Waals surface area contributed by atoms with Gasteiger partial charge >= 0.3 is 5.97 Å². The molecule has 1 aromatic heterocycles. The zero-order chi connectivity index (χ0) is 17.9. The van der Waals surface area contributed by atoms with Gasteiger partial charge in [-0.05, 0) is 37.1 Å². The third-order valence-electron chi connectivity index (χ3n) is 3.97. The summed E-state index contributed by atoms with van der Waals surface area (Å²) in [6.07, 6.45) is 1.07. The zero-order valence-electron chi connectivity index (χ0n) is 13.7. The number of carbonyl (C=O) groups excluding carboxylic acids is 1. The van der Waals surface area contributed by atoms with Crippen LogP contribution in [0.5, 0.6) is 0 Å². The molecule has 0 spiro atoms. The Morgan fingerprint density at radius 2 is 1.96 bits per heavy atom. The Bertz CT molecular complexity index is 742. The molecule has 0 saturated carbocycles. The number of aliphatic carboxylic acids is 1. The summed E-state index contributed by atoms with van der Waals surface area (Å²) in [5.41, 5.74) is -0.355. The first-order chi connectivity index (χ1) is 11.2. The summed E-state index contributed by atoms with van der Waals surface area (Å²) >= 11 is 0. The highest BCUT2D eigenvalue weighted by atomic mass is 19.1. The SMILES string of the molecule is CC(C)C(C)(CC(=O)O)NC(=O)c1cnn(-c2ccc(F)cc2)n1. The van der Waals surface area contributed by atoms with Crippen molar-refractivity contribution in [1.29, 1.82) is 0 Å². The molecule has 0 fully saturated rings. The normalized spacial score (nSPS) is 13.5. The minimum absolute atomic E-state index is 0.0524. The van der Waals surface area contributed by atoms with Gasteiger partial charge in [-0.15, -0.1) is 5.10 Å². The fraction of sp³-hybridized carbons (Fsp3) is 0.375.